The van der Waals surface area contributed by atoms with Crippen molar-refractivity contribution in [2.45, 2.75) is 19.8 Å². The highest BCUT2D eigenvalue weighted by Crippen LogP contribution is 2.42. The largest absolute Gasteiger partial charge is 0.378 e. The summed E-state index contributed by atoms with van der Waals surface area (Å²) >= 11 is 1.38. The number of hydrogen-bond donors (Lipinski definition) is 1. The average molecular weight is 440 g/mol. The van der Waals surface area contributed by atoms with Crippen molar-refractivity contribution in [1.29, 1.82) is 0 Å². The molecule has 162 valence electrons. The van der Waals surface area contributed by atoms with Crippen molar-refractivity contribution in [3.05, 3.63) is 77.1 Å². The lowest BCUT2D eigenvalue weighted by molar-refractivity contribution is -0.124. The number of carbonyl (C=O) groups excluding carboxylic acids is 1. The van der Waals surface area contributed by atoms with Gasteiger partial charge in [-0.1, -0.05) is 38.1 Å². The molecule has 0 saturated carbocycles. The van der Waals surface area contributed by atoms with Crippen molar-refractivity contribution in [1.82, 2.24) is 4.98 Å². The molecule has 2 heterocycles. The summed E-state index contributed by atoms with van der Waals surface area (Å²) in [5, 5.41) is 5.32. The SMILES string of the molecule is CC(C)(C(=O)Nc1nccs1)C(c1ccc(F)cc1)c1ccc(N2CCOCC2)cc1. The lowest BCUT2D eigenvalue weighted by atomic mass is 9.70. The number of morpholine rings is 1. The monoisotopic (exact) mass is 439 g/mol. The van der Waals surface area contributed by atoms with Gasteiger partial charge in [0.1, 0.15) is 5.82 Å². The highest BCUT2D eigenvalue weighted by molar-refractivity contribution is 7.13. The van der Waals surface area contributed by atoms with Gasteiger partial charge in [0.05, 0.1) is 18.6 Å². The van der Waals surface area contributed by atoms with Gasteiger partial charge in [0.15, 0.2) is 5.13 Å². The number of aromatic nitrogens is 1. The highest BCUT2D eigenvalue weighted by atomic mass is 32.1. The molecule has 1 aliphatic heterocycles. The van der Waals surface area contributed by atoms with Crippen molar-refractivity contribution >= 4 is 28.1 Å². The molecule has 1 amide bonds. The van der Waals surface area contributed by atoms with Gasteiger partial charge in [0, 0.05) is 36.3 Å². The normalized spacial score (nSPS) is 15.5. The van der Waals surface area contributed by atoms with Gasteiger partial charge in [-0.05, 0) is 35.4 Å². The minimum absolute atomic E-state index is 0.131. The molecule has 1 N–H and O–H groups in total. The van der Waals surface area contributed by atoms with Crippen LogP contribution in [-0.4, -0.2) is 37.2 Å². The summed E-state index contributed by atoms with van der Waals surface area (Å²) in [4.78, 5) is 19.7. The zero-order chi connectivity index (χ0) is 21.8. The third kappa shape index (κ3) is 4.78. The molecule has 0 radical (unpaired) electrons. The van der Waals surface area contributed by atoms with Gasteiger partial charge in [-0.25, -0.2) is 9.37 Å². The molecule has 1 aliphatic rings. The number of halogens is 1. The van der Waals surface area contributed by atoms with Gasteiger partial charge in [-0.3, -0.25) is 4.79 Å². The van der Waals surface area contributed by atoms with E-state index in [9.17, 15) is 9.18 Å². The number of nitrogens with zero attached hydrogens (tertiary/aromatic N) is 2. The Bertz CT molecular complexity index is 998. The number of nitrogens with one attached hydrogen (secondary N) is 1. The predicted octanol–water partition coefficient (Wildman–Crippen LogP) is 4.92. The molecule has 1 atom stereocenters. The van der Waals surface area contributed by atoms with Crippen molar-refractivity contribution < 1.29 is 13.9 Å². The fourth-order valence-corrected chi connectivity index (χ4v) is 4.58. The summed E-state index contributed by atoms with van der Waals surface area (Å²) in [6.45, 7) is 7.01. The molecule has 1 aromatic heterocycles. The molecule has 0 aliphatic carbocycles. The van der Waals surface area contributed by atoms with E-state index in [-0.39, 0.29) is 17.6 Å². The molecule has 1 fully saturated rings. The first-order valence-electron chi connectivity index (χ1n) is 10.3. The standard InChI is InChI=1S/C24H26FN3O2S/c1-24(2,22(29)27-23-26-11-16-31-23)21(17-3-7-19(25)8-4-17)18-5-9-20(10-6-18)28-12-14-30-15-13-28/h3-11,16,21H,12-15H2,1-2H3,(H,26,27,29). The van der Waals surface area contributed by atoms with E-state index in [2.05, 4.69) is 39.5 Å². The van der Waals surface area contributed by atoms with E-state index in [1.54, 1.807) is 18.3 Å². The van der Waals surface area contributed by atoms with Gasteiger partial charge in [0.25, 0.3) is 0 Å². The first-order chi connectivity index (χ1) is 14.9. The molecular weight excluding hydrogens is 413 g/mol. The van der Waals surface area contributed by atoms with Crippen molar-refractivity contribution in [3.63, 3.8) is 0 Å². The predicted molar refractivity (Wildman–Crippen MR) is 122 cm³/mol. The second kappa shape index (κ2) is 9.16. The highest BCUT2D eigenvalue weighted by Gasteiger charge is 2.39. The zero-order valence-corrected chi connectivity index (χ0v) is 18.5. The van der Waals surface area contributed by atoms with E-state index in [1.807, 2.05) is 19.2 Å². The minimum atomic E-state index is -0.802. The lowest BCUT2D eigenvalue weighted by Gasteiger charge is -2.34. The molecule has 0 bridgehead atoms. The molecule has 1 saturated heterocycles. The Kier molecular flexibility index (Phi) is 6.34. The summed E-state index contributed by atoms with van der Waals surface area (Å²) in [5.41, 5.74) is 2.22. The van der Waals surface area contributed by atoms with Gasteiger partial charge in [-0.2, -0.15) is 0 Å². The number of carbonyl (C=O) groups is 1. The third-order valence-electron chi connectivity index (χ3n) is 5.77. The molecule has 2 aromatic carbocycles. The van der Waals surface area contributed by atoms with Crippen LogP contribution in [0.5, 0.6) is 0 Å². The van der Waals surface area contributed by atoms with Crippen LogP contribution < -0.4 is 10.2 Å². The fourth-order valence-electron chi connectivity index (χ4n) is 4.05. The van der Waals surface area contributed by atoms with E-state index in [1.165, 1.54) is 23.5 Å². The van der Waals surface area contributed by atoms with E-state index in [0.29, 0.717) is 5.13 Å². The second-order valence-electron chi connectivity index (χ2n) is 8.19. The molecule has 4 rings (SSSR count). The molecule has 5 nitrogen and oxygen atoms in total. The van der Waals surface area contributed by atoms with Gasteiger partial charge in [0.2, 0.25) is 5.91 Å². The zero-order valence-electron chi connectivity index (χ0n) is 17.7. The number of thiazole rings is 1. The molecule has 0 spiro atoms. The van der Waals surface area contributed by atoms with Crippen LogP contribution in [0, 0.1) is 11.2 Å². The topological polar surface area (TPSA) is 54.5 Å². The maximum atomic E-state index is 13.6. The number of hydrogen-bond acceptors (Lipinski definition) is 5. The fraction of sp³-hybridized carbons (Fsp3) is 0.333. The Morgan fingerprint density at radius 3 is 2.29 bits per heavy atom. The Morgan fingerprint density at radius 1 is 1.10 bits per heavy atom. The Labute approximate surface area is 185 Å². The molecule has 1 unspecified atom stereocenters. The van der Waals surface area contributed by atoms with Crippen LogP contribution in [0.15, 0.2) is 60.1 Å². The minimum Gasteiger partial charge on any atom is -0.378 e. The van der Waals surface area contributed by atoms with Crippen molar-refractivity contribution in [3.8, 4) is 0 Å². The summed E-state index contributed by atoms with van der Waals surface area (Å²) in [6, 6.07) is 14.7. The van der Waals surface area contributed by atoms with E-state index in [0.717, 1.165) is 43.1 Å². The maximum Gasteiger partial charge on any atom is 0.232 e. The number of rotatable bonds is 6. The summed E-state index contributed by atoms with van der Waals surface area (Å²) < 4.78 is 19.1. The maximum absolute atomic E-state index is 13.6. The first-order valence-corrected chi connectivity index (χ1v) is 11.2. The number of ether oxygens (including phenoxy) is 1. The summed E-state index contributed by atoms with van der Waals surface area (Å²) in [5.74, 6) is -0.684. The van der Waals surface area contributed by atoms with E-state index in [4.69, 9.17) is 4.74 Å². The molecule has 7 heteroatoms. The number of anilines is 2. The molecule has 31 heavy (non-hydrogen) atoms. The summed E-state index contributed by atoms with van der Waals surface area (Å²) in [7, 11) is 0. The van der Waals surface area contributed by atoms with Crippen molar-refractivity contribution in [2.24, 2.45) is 5.41 Å². The van der Waals surface area contributed by atoms with Crippen LogP contribution in [0.3, 0.4) is 0 Å². The van der Waals surface area contributed by atoms with Crippen LogP contribution >= 0.6 is 11.3 Å². The summed E-state index contributed by atoms with van der Waals surface area (Å²) in [6.07, 6.45) is 1.66. The van der Waals surface area contributed by atoms with Gasteiger partial charge in [-0.15, -0.1) is 11.3 Å². The number of benzene rings is 2. The van der Waals surface area contributed by atoms with Crippen LogP contribution in [-0.2, 0) is 9.53 Å². The molecule has 3 aromatic rings. The van der Waals surface area contributed by atoms with Crippen LogP contribution in [0.1, 0.15) is 30.9 Å². The Balaban J connectivity index is 1.67. The van der Waals surface area contributed by atoms with E-state index >= 15 is 0 Å². The first kappa shape index (κ1) is 21.5. The quantitative estimate of drug-likeness (QED) is 0.593. The Hall–Kier alpha value is -2.77. The van der Waals surface area contributed by atoms with Crippen molar-refractivity contribution in [2.75, 3.05) is 36.5 Å². The van der Waals surface area contributed by atoms with Gasteiger partial charge < -0.3 is 15.0 Å². The average Bonchev–Trinajstić information content (AvgIpc) is 3.29. The van der Waals surface area contributed by atoms with E-state index < -0.39 is 5.41 Å². The van der Waals surface area contributed by atoms with Crippen LogP contribution in [0.2, 0.25) is 0 Å². The lowest BCUT2D eigenvalue weighted by Crippen LogP contribution is -2.37. The Morgan fingerprint density at radius 2 is 1.71 bits per heavy atom. The van der Waals surface area contributed by atoms with Gasteiger partial charge >= 0.3 is 0 Å². The number of amides is 1. The molecular formula is C24H26FN3O2S. The second-order valence-corrected chi connectivity index (χ2v) is 9.08. The smallest absolute Gasteiger partial charge is 0.232 e. The third-order valence-corrected chi connectivity index (χ3v) is 6.45. The van der Waals surface area contributed by atoms with Crippen LogP contribution in [0.4, 0.5) is 15.2 Å². The van der Waals surface area contributed by atoms with Crippen LogP contribution in [0.25, 0.3) is 0 Å².